The summed E-state index contributed by atoms with van der Waals surface area (Å²) in [4.78, 5) is 25.9. The Kier molecular flexibility index (Phi) is 6.00. The van der Waals surface area contributed by atoms with Crippen LogP contribution in [-0.2, 0) is 14.8 Å². The van der Waals surface area contributed by atoms with E-state index in [9.17, 15) is 18.0 Å². The van der Waals surface area contributed by atoms with Crippen molar-refractivity contribution in [2.45, 2.75) is 0 Å². The molecular formula is C12H15N3O5S. The molecule has 1 rings (SSSR count). The minimum Gasteiger partial charge on any atom is -0.478 e. The fourth-order valence-electron chi connectivity index (χ4n) is 1.30. The molecule has 1 amide bonds. The molecule has 0 aliphatic heterocycles. The van der Waals surface area contributed by atoms with Gasteiger partial charge in [-0.05, 0) is 24.8 Å². The van der Waals surface area contributed by atoms with Gasteiger partial charge < -0.3 is 10.4 Å². The maximum atomic E-state index is 11.7. The van der Waals surface area contributed by atoms with Crippen LogP contribution in [0.2, 0.25) is 0 Å². The van der Waals surface area contributed by atoms with E-state index in [4.69, 9.17) is 5.11 Å². The Morgan fingerprint density at radius 2 is 2.10 bits per heavy atom. The molecule has 0 unspecified atom stereocenters. The molecule has 21 heavy (non-hydrogen) atoms. The number of hydrogen-bond acceptors (Lipinski definition) is 5. The first-order chi connectivity index (χ1) is 9.84. The number of pyridine rings is 1. The van der Waals surface area contributed by atoms with Crippen molar-refractivity contribution in [2.24, 2.45) is 0 Å². The van der Waals surface area contributed by atoms with Crippen LogP contribution in [0.15, 0.2) is 24.4 Å². The largest absolute Gasteiger partial charge is 0.478 e. The predicted octanol–water partition coefficient (Wildman–Crippen LogP) is -0.542. The molecule has 1 aromatic rings. The maximum Gasteiger partial charge on any atom is 0.328 e. The van der Waals surface area contributed by atoms with Crippen molar-refractivity contribution in [3.8, 4) is 0 Å². The zero-order valence-corrected chi connectivity index (χ0v) is 12.1. The molecule has 0 aromatic carbocycles. The molecule has 114 valence electrons. The molecule has 0 atom stereocenters. The van der Waals surface area contributed by atoms with Crippen molar-refractivity contribution in [1.82, 2.24) is 15.0 Å². The molecule has 9 heteroatoms. The summed E-state index contributed by atoms with van der Waals surface area (Å²) in [5.74, 6) is -1.81. The Hall–Kier alpha value is -2.26. The van der Waals surface area contributed by atoms with E-state index < -0.39 is 21.9 Å². The lowest BCUT2D eigenvalue weighted by molar-refractivity contribution is -0.131. The number of amides is 1. The minimum absolute atomic E-state index is 0.0373. The third-order valence-electron chi connectivity index (χ3n) is 2.40. The monoisotopic (exact) mass is 313 g/mol. The van der Waals surface area contributed by atoms with E-state index in [-0.39, 0.29) is 18.0 Å². The number of carbonyl (C=O) groups excluding carboxylic acids is 1. The van der Waals surface area contributed by atoms with Crippen LogP contribution in [0.1, 0.15) is 16.1 Å². The first-order valence-corrected chi connectivity index (χ1v) is 7.56. The van der Waals surface area contributed by atoms with E-state index >= 15 is 0 Å². The van der Waals surface area contributed by atoms with Gasteiger partial charge in [-0.1, -0.05) is 6.07 Å². The van der Waals surface area contributed by atoms with Crippen LogP contribution < -0.4 is 10.0 Å². The standard InChI is InChI=1S/C12H15N3O5S/c1-13-21(19,20)7-6-14-12(18)10-4-2-9(8-15-10)3-5-11(16)17/h2-5,8,13H,6-7H2,1H3,(H,14,18)(H,16,17)/b5-3+. The van der Waals surface area contributed by atoms with Crippen LogP contribution in [0.25, 0.3) is 6.08 Å². The predicted molar refractivity (Wildman–Crippen MR) is 76.1 cm³/mol. The van der Waals surface area contributed by atoms with Crippen molar-refractivity contribution < 1.29 is 23.1 Å². The SMILES string of the molecule is CNS(=O)(=O)CCNC(=O)c1ccc(/C=C/C(=O)O)cn1. The van der Waals surface area contributed by atoms with E-state index in [1.807, 2.05) is 0 Å². The van der Waals surface area contributed by atoms with Crippen LogP contribution in [0.3, 0.4) is 0 Å². The summed E-state index contributed by atoms with van der Waals surface area (Å²) in [5.41, 5.74) is 0.649. The van der Waals surface area contributed by atoms with Gasteiger partial charge in [-0.25, -0.2) is 17.9 Å². The summed E-state index contributed by atoms with van der Waals surface area (Å²) in [7, 11) is -2.08. The number of aromatic nitrogens is 1. The second-order valence-electron chi connectivity index (χ2n) is 3.93. The molecule has 0 fully saturated rings. The van der Waals surface area contributed by atoms with Gasteiger partial charge in [-0.2, -0.15) is 0 Å². The average Bonchev–Trinajstić information content (AvgIpc) is 2.45. The lowest BCUT2D eigenvalue weighted by atomic mass is 10.2. The first kappa shape index (κ1) is 16.8. The molecule has 0 aliphatic carbocycles. The van der Waals surface area contributed by atoms with E-state index in [0.717, 1.165) is 6.08 Å². The highest BCUT2D eigenvalue weighted by molar-refractivity contribution is 7.89. The fourth-order valence-corrected chi connectivity index (χ4v) is 1.87. The molecular weight excluding hydrogens is 298 g/mol. The Bertz CT molecular complexity index is 637. The Labute approximate surface area is 121 Å². The van der Waals surface area contributed by atoms with Crippen molar-refractivity contribution in [2.75, 3.05) is 19.3 Å². The minimum atomic E-state index is -3.37. The zero-order chi connectivity index (χ0) is 15.9. The Balaban J connectivity index is 2.57. The number of rotatable bonds is 7. The fraction of sp³-hybridized carbons (Fsp3) is 0.250. The first-order valence-electron chi connectivity index (χ1n) is 5.90. The summed E-state index contributed by atoms with van der Waals surface area (Å²) >= 11 is 0. The van der Waals surface area contributed by atoms with Gasteiger partial charge in [-0.3, -0.25) is 9.78 Å². The number of nitrogens with one attached hydrogen (secondary N) is 2. The number of carboxylic acid groups (broad SMARTS) is 1. The van der Waals surface area contributed by atoms with Gasteiger partial charge in [0.2, 0.25) is 10.0 Å². The summed E-state index contributed by atoms with van der Waals surface area (Å²) in [6.45, 7) is -0.0373. The molecule has 0 spiro atoms. The third kappa shape index (κ3) is 6.15. The van der Waals surface area contributed by atoms with Crippen LogP contribution in [0, 0.1) is 0 Å². The maximum absolute atomic E-state index is 11.7. The molecule has 1 aromatic heterocycles. The van der Waals surface area contributed by atoms with Gasteiger partial charge in [0.05, 0.1) is 5.75 Å². The molecule has 0 saturated heterocycles. The molecule has 0 radical (unpaired) electrons. The second-order valence-corrected chi connectivity index (χ2v) is 5.97. The van der Waals surface area contributed by atoms with Crippen LogP contribution in [-0.4, -0.2) is 49.7 Å². The van der Waals surface area contributed by atoms with Crippen LogP contribution in [0.4, 0.5) is 0 Å². The summed E-state index contributed by atoms with van der Waals surface area (Å²) in [5, 5.41) is 10.9. The molecule has 8 nitrogen and oxygen atoms in total. The number of carbonyl (C=O) groups is 2. The van der Waals surface area contributed by atoms with Gasteiger partial charge in [0.15, 0.2) is 0 Å². The number of nitrogens with zero attached hydrogens (tertiary/aromatic N) is 1. The normalized spacial score (nSPS) is 11.5. The van der Waals surface area contributed by atoms with E-state index in [2.05, 4.69) is 15.0 Å². The molecule has 1 heterocycles. The topological polar surface area (TPSA) is 125 Å². The number of sulfonamides is 1. The zero-order valence-electron chi connectivity index (χ0n) is 11.2. The average molecular weight is 313 g/mol. The number of carboxylic acids is 1. The molecule has 0 bridgehead atoms. The van der Waals surface area contributed by atoms with Crippen molar-refractivity contribution in [1.29, 1.82) is 0 Å². The third-order valence-corrected chi connectivity index (χ3v) is 3.77. The van der Waals surface area contributed by atoms with Crippen LogP contribution in [0.5, 0.6) is 0 Å². The summed E-state index contributed by atoms with van der Waals surface area (Å²) in [6, 6.07) is 2.95. The second kappa shape index (κ2) is 7.50. The number of aliphatic carboxylic acids is 1. The van der Waals surface area contributed by atoms with Crippen molar-refractivity contribution in [3.05, 3.63) is 35.7 Å². The highest BCUT2D eigenvalue weighted by atomic mass is 32.2. The van der Waals surface area contributed by atoms with Crippen LogP contribution >= 0.6 is 0 Å². The van der Waals surface area contributed by atoms with E-state index in [1.165, 1.54) is 31.5 Å². The molecule has 0 saturated carbocycles. The van der Waals surface area contributed by atoms with Gasteiger partial charge in [-0.15, -0.1) is 0 Å². The Morgan fingerprint density at radius 3 is 2.62 bits per heavy atom. The van der Waals surface area contributed by atoms with Gasteiger partial charge >= 0.3 is 5.97 Å². The smallest absolute Gasteiger partial charge is 0.328 e. The van der Waals surface area contributed by atoms with Gasteiger partial charge in [0, 0.05) is 18.8 Å². The Morgan fingerprint density at radius 1 is 1.38 bits per heavy atom. The molecule has 3 N–H and O–H groups in total. The van der Waals surface area contributed by atoms with Gasteiger partial charge in [0.25, 0.3) is 5.91 Å². The highest BCUT2D eigenvalue weighted by Gasteiger charge is 2.10. The van der Waals surface area contributed by atoms with Gasteiger partial charge in [0.1, 0.15) is 5.69 Å². The van der Waals surface area contributed by atoms with Crippen molar-refractivity contribution >= 4 is 28.0 Å². The summed E-state index contributed by atoms with van der Waals surface area (Å²) < 4.78 is 24.4. The number of hydrogen-bond donors (Lipinski definition) is 3. The lowest BCUT2D eigenvalue weighted by Gasteiger charge is -2.05. The van der Waals surface area contributed by atoms with E-state index in [1.54, 1.807) is 0 Å². The lowest BCUT2D eigenvalue weighted by Crippen LogP contribution is -2.33. The van der Waals surface area contributed by atoms with Crippen molar-refractivity contribution in [3.63, 3.8) is 0 Å². The quantitative estimate of drug-likeness (QED) is 0.580. The summed E-state index contributed by atoms with van der Waals surface area (Å²) in [6.07, 6.45) is 3.65. The highest BCUT2D eigenvalue weighted by Crippen LogP contribution is 2.02. The van der Waals surface area contributed by atoms with E-state index in [0.29, 0.717) is 5.56 Å². The molecule has 0 aliphatic rings.